The van der Waals surface area contributed by atoms with Gasteiger partial charge in [0.1, 0.15) is 5.75 Å². The van der Waals surface area contributed by atoms with Crippen molar-refractivity contribution in [1.29, 1.82) is 0 Å². The minimum Gasteiger partial charge on any atom is -0.497 e. The number of nitrogens with zero attached hydrogens (tertiary/aromatic N) is 4. The molecular formula is C22H24N4O2S. The van der Waals surface area contributed by atoms with E-state index in [0.29, 0.717) is 0 Å². The maximum absolute atomic E-state index is 13.2. The Balaban J connectivity index is 1.52. The van der Waals surface area contributed by atoms with Gasteiger partial charge in [0.25, 0.3) is 0 Å². The fourth-order valence-corrected chi connectivity index (χ4v) is 4.58. The van der Waals surface area contributed by atoms with Crippen LogP contribution in [0, 0.1) is 0 Å². The number of thioether (sulfide) groups is 1. The number of ether oxygens (including phenoxy) is 1. The van der Waals surface area contributed by atoms with Crippen LogP contribution in [0.1, 0.15) is 19.4 Å². The quantitative estimate of drug-likeness (QED) is 0.598. The number of anilines is 1. The first-order chi connectivity index (χ1) is 14.0. The van der Waals surface area contributed by atoms with Gasteiger partial charge in [0.2, 0.25) is 5.91 Å². The van der Waals surface area contributed by atoms with Gasteiger partial charge in [-0.05, 0) is 56.2 Å². The van der Waals surface area contributed by atoms with Crippen LogP contribution in [0.15, 0.2) is 53.7 Å². The Labute approximate surface area is 174 Å². The number of rotatable bonds is 5. The molecule has 1 aromatic heterocycles. The molecule has 0 saturated heterocycles. The topological polar surface area (TPSA) is 60.3 Å². The first-order valence-electron chi connectivity index (χ1n) is 9.61. The summed E-state index contributed by atoms with van der Waals surface area (Å²) in [6.45, 7) is 4.03. The monoisotopic (exact) mass is 408 g/mol. The number of para-hydroxylation sites is 1. The summed E-state index contributed by atoms with van der Waals surface area (Å²) in [4.78, 5) is 15.1. The highest BCUT2D eigenvalue weighted by atomic mass is 32.2. The summed E-state index contributed by atoms with van der Waals surface area (Å²) in [7, 11) is 3.57. The summed E-state index contributed by atoms with van der Waals surface area (Å²) >= 11 is 1.44. The molecule has 0 spiro atoms. The van der Waals surface area contributed by atoms with Crippen LogP contribution in [0.25, 0.3) is 11.4 Å². The number of carbonyl (C=O) groups excluding carboxylic acids is 1. The molecule has 4 rings (SSSR count). The lowest BCUT2D eigenvalue weighted by Crippen LogP contribution is -2.40. The van der Waals surface area contributed by atoms with Crippen molar-refractivity contribution >= 4 is 23.4 Å². The Morgan fingerprint density at radius 3 is 2.62 bits per heavy atom. The fourth-order valence-electron chi connectivity index (χ4n) is 3.71. The Morgan fingerprint density at radius 1 is 1.17 bits per heavy atom. The van der Waals surface area contributed by atoms with Crippen molar-refractivity contribution in [2.24, 2.45) is 7.05 Å². The van der Waals surface area contributed by atoms with Crippen LogP contribution in [-0.2, 0) is 18.3 Å². The van der Waals surface area contributed by atoms with Crippen molar-refractivity contribution in [1.82, 2.24) is 14.8 Å². The minimum atomic E-state index is -0.268. The van der Waals surface area contributed by atoms with Gasteiger partial charge in [-0.2, -0.15) is 0 Å². The first kappa shape index (κ1) is 19.5. The van der Waals surface area contributed by atoms with E-state index in [4.69, 9.17) is 4.74 Å². The van der Waals surface area contributed by atoms with Crippen LogP contribution < -0.4 is 9.64 Å². The highest BCUT2D eigenvalue weighted by Gasteiger charge is 2.34. The first-order valence-corrected chi connectivity index (χ1v) is 10.5. The summed E-state index contributed by atoms with van der Waals surface area (Å²) in [6.07, 6.45) is 0.894. The number of carbonyl (C=O) groups is 1. The Hall–Kier alpha value is -2.80. The van der Waals surface area contributed by atoms with Gasteiger partial charge in [-0.1, -0.05) is 30.0 Å². The molecule has 0 aliphatic carbocycles. The zero-order valence-corrected chi connectivity index (χ0v) is 17.8. The molecule has 7 heteroatoms. The second kappa shape index (κ2) is 7.91. The van der Waals surface area contributed by atoms with Gasteiger partial charge in [-0.15, -0.1) is 10.2 Å². The smallest absolute Gasteiger partial charge is 0.240 e. The molecule has 6 nitrogen and oxygen atoms in total. The predicted octanol–water partition coefficient (Wildman–Crippen LogP) is 3.95. The second-order valence-electron chi connectivity index (χ2n) is 7.24. The number of methoxy groups -OCH3 is 1. The molecule has 0 bridgehead atoms. The normalized spacial score (nSPS) is 16.6. The number of benzene rings is 2. The summed E-state index contributed by atoms with van der Waals surface area (Å²) in [5.41, 5.74) is 3.20. The lowest BCUT2D eigenvalue weighted by molar-refractivity contribution is -0.118. The Morgan fingerprint density at radius 2 is 1.90 bits per heavy atom. The van der Waals surface area contributed by atoms with Crippen LogP contribution in [0.2, 0.25) is 0 Å². The van der Waals surface area contributed by atoms with Crippen molar-refractivity contribution < 1.29 is 9.53 Å². The van der Waals surface area contributed by atoms with E-state index in [-0.39, 0.29) is 17.2 Å². The molecule has 2 aromatic carbocycles. The third-order valence-corrected chi connectivity index (χ3v) is 6.38. The van der Waals surface area contributed by atoms with Crippen LogP contribution in [0.4, 0.5) is 5.69 Å². The molecule has 0 radical (unpaired) electrons. The van der Waals surface area contributed by atoms with Gasteiger partial charge in [0.15, 0.2) is 11.0 Å². The molecule has 150 valence electrons. The zero-order valence-electron chi connectivity index (χ0n) is 17.0. The average molecular weight is 409 g/mol. The molecule has 0 fully saturated rings. The van der Waals surface area contributed by atoms with E-state index in [1.807, 2.05) is 65.9 Å². The largest absolute Gasteiger partial charge is 0.497 e. The Bertz CT molecular complexity index is 1030. The third-order valence-electron chi connectivity index (χ3n) is 5.26. The maximum atomic E-state index is 13.2. The summed E-state index contributed by atoms with van der Waals surface area (Å²) in [6, 6.07) is 16.0. The SMILES string of the molecule is COc1ccc(-c2nnc(S[C@H](C)C(=O)N3c4ccccc4C[C@@H]3C)n2C)cc1. The van der Waals surface area contributed by atoms with E-state index in [0.717, 1.165) is 34.4 Å². The molecule has 29 heavy (non-hydrogen) atoms. The van der Waals surface area contributed by atoms with Gasteiger partial charge in [0, 0.05) is 24.3 Å². The van der Waals surface area contributed by atoms with Gasteiger partial charge in [-0.3, -0.25) is 4.79 Å². The number of hydrogen-bond donors (Lipinski definition) is 0. The molecule has 2 atom stereocenters. The highest BCUT2D eigenvalue weighted by molar-refractivity contribution is 8.00. The number of hydrogen-bond acceptors (Lipinski definition) is 5. The zero-order chi connectivity index (χ0) is 20.5. The lowest BCUT2D eigenvalue weighted by atomic mass is 10.1. The van der Waals surface area contributed by atoms with Crippen molar-refractivity contribution in [2.75, 3.05) is 12.0 Å². The summed E-state index contributed by atoms with van der Waals surface area (Å²) in [5.74, 6) is 1.65. The van der Waals surface area contributed by atoms with Crippen molar-refractivity contribution in [3.63, 3.8) is 0 Å². The molecule has 0 unspecified atom stereocenters. The van der Waals surface area contributed by atoms with Crippen LogP contribution >= 0.6 is 11.8 Å². The lowest BCUT2D eigenvalue weighted by Gasteiger charge is -2.25. The maximum Gasteiger partial charge on any atom is 0.240 e. The third kappa shape index (κ3) is 3.62. The molecule has 1 aliphatic heterocycles. The molecule has 3 aromatic rings. The molecule has 1 aliphatic rings. The van der Waals surface area contributed by atoms with E-state index in [9.17, 15) is 4.79 Å². The van der Waals surface area contributed by atoms with E-state index >= 15 is 0 Å². The standard InChI is InChI=1S/C22H24N4O2S/c1-14-13-17-7-5-6-8-19(17)26(14)21(27)15(2)29-22-24-23-20(25(22)3)16-9-11-18(28-4)12-10-16/h5-12,14-15H,13H2,1-4H3/t14-,15+/m0/s1. The van der Waals surface area contributed by atoms with Gasteiger partial charge in [-0.25, -0.2) is 0 Å². The molecule has 0 N–H and O–H groups in total. The Kier molecular flexibility index (Phi) is 5.32. The number of amides is 1. The van der Waals surface area contributed by atoms with Crippen LogP contribution in [0.3, 0.4) is 0 Å². The van der Waals surface area contributed by atoms with E-state index in [1.54, 1.807) is 7.11 Å². The minimum absolute atomic E-state index is 0.0986. The van der Waals surface area contributed by atoms with Gasteiger partial charge < -0.3 is 14.2 Å². The fraction of sp³-hybridized carbons (Fsp3) is 0.318. The van der Waals surface area contributed by atoms with Crippen LogP contribution in [0.5, 0.6) is 5.75 Å². The molecule has 0 saturated carbocycles. The number of fused-ring (bicyclic) bond motifs is 1. The molecular weight excluding hydrogens is 384 g/mol. The van der Waals surface area contributed by atoms with Crippen molar-refractivity contribution in [2.45, 2.75) is 36.7 Å². The summed E-state index contributed by atoms with van der Waals surface area (Å²) < 4.78 is 7.14. The van der Waals surface area contributed by atoms with E-state index in [2.05, 4.69) is 23.2 Å². The summed E-state index contributed by atoms with van der Waals surface area (Å²) in [5, 5.41) is 9.10. The molecule has 1 amide bonds. The van der Waals surface area contributed by atoms with Crippen molar-refractivity contribution in [3.8, 4) is 17.1 Å². The predicted molar refractivity (Wildman–Crippen MR) is 115 cm³/mol. The van der Waals surface area contributed by atoms with E-state index in [1.165, 1.54) is 17.3 Å². The van der Waals surface area contributed by atoms with Gasteiger partial charge >= 0.3 is 0 Å². The second-order valence-corrected chi connectivity index (χ2v) is 8.55. The molecule has 2 heterocycles. The van der Waals surface area contributed by atoms with Crippen LogP contribution in [-0.4, -0.2) is 39.1 Å². The average Bonchev–Trinajstić information content (AvgIpc) is 3.26. The number of aromatic nitrogens is 3. The van der Waals surface area contributed by atoms with Gasteiger partial charge in [0.05, 0.1) is 12.4 Å². The highest BCUT2D eigenvalue weighted by Crippen LogP contribution is 2.35. The van der Waals surface area contributed by atoms with E-state index < -0.39 is 0 Å². The van der Waals surface area contributed by atoms with Crippen molar-refractivity contribution in [3.05, 3.63) is 54.1 Å².